The molecule has 0 bridgehead atoms. The van der Waals surface area contributed by atoms with Gasteiger partial charge in [0.25, 0.3) is 0 Å². The summed E-state index contributed by atoms with van der Waals surface area (Å²) < 4.78 is 0. The van der Waals surface area contributed by atoms with Crippen LogP contribution in [0.3, 0.4) is 0 Å². The molecule has 1 aromatic rings. The Balaban J connectivity index is 2.30. The molecule has 2 unspecified atom stereocenters. The molecule has 2 heterocycles. The van der Waals surface area contributed by atoms with Crippen LogP contribution in [0.25, 0.3) is 0 Å². The first kappa shape index (κ1) is 13.3. The largest absolute Gasteiger partial charge is 0.481 e. The number of carboxylic acids is 1. The second-order valence-corrected chi connectivity index (χ2v) is 4.88. The van der Waals surface area contributed by atoms with E-state index in [1.807, 2.05) is 6.92 Å². The van der Waals surface area contributed by atoms with Gasteiger partial charge in [0.1, 0.15) is 0 Å². The third-order valence-corrected chi connectivity index (χ3v) is 3.27. The van der Waals surface area contributed by atoms with E-state index in [1.165, 1.54) is 18.3 Å². The molecule has 0 radical (unpaired) electrons. The van der Waals surface area contributed by atoms with Gasteiger partial charge in [-0.2, -0.15) is 0 Å². The normalized spacial score (nSPS) is 23.1. The van der Waals surface area contributed by atoms with Crippen LogP contribution in [-0.4, -0.2) is 34.1 Å². The molecule has 1 N–H and O–H groups in total. The molecular weight excluding hydrogens is 250 g/mol. The van der Waals surface area contributed by atoms with Crippen molar-refractivity contribution in [3.05, 3.63) is 28.4 Å². The Morgan fingerprint density at radius 3 is 2.95 bits per heavy atom. The molecule has 0 aliphatic carbocycles. The summed E-state index contributed by atoms with van der Waals surface area (Å²) in [5, 5.41) is 20.1. The van der Waals surface area contributed by atoms with Crippen LogP contribution < -0.4 is 4.90 Å². The minimum absolute atomic E-state index is 0.0826. The zero-order valence-electron chi connectivity index (χ0n) is 10.5. The van der Waals surface area contributed by atoms with E-state index in [1.54, 1.807) is 4.90 Å². The summed E-state index contributed by atoms with van der Waals surface area (Å²) in [7, 11) is 0. The molecule has 1 aliphatic rings. The number of aliphatic carboxylic acids is 1. The SMILES string of the molecule is CC1CC(C(=O)O)CN(c2ncccc2[N+](=O)[O-])C1. The highest BCUT2D eigenvalue weighted by molar-refractivity contribution is 5.72. The predicted molar refractivity (Wildman–Crippen MR) is 68.0 cm³/mol. The van der Waals surface area contributed by atoms with E-state index in [4.69, 9.17) is 5.11 Å². The molecule has 2 atom stereocenters. The lowest BCUT2D eigenvalue weighted by molar-refractivity contribution is -0.384. The Hall–Kier alpha value is -2.18. The van der Waals surface area contributed by atoms with Gasteiger partial charge >= 0.3 is 11.7 Å². The maximum atomic E-state index is 11.1. The second kappa shape index (κ2) is 5.21. The van der Waals surface area contributed by atoms with Crippen molar-refractivity contribution in [2.75, 3.05) is 18.0 Å². The van der Waals surface area contributed by atoms with Gasteiger partial charge < -0.3 is 10.0 Å². The molecule has 102 valence electrons. The molecule has 0 saturated carbocycles. The smallest absolute Gasteiger partial charge is 0.311 e. The molecule has 19 heavy (non-hydrogen) atoms. The number of hydrogen-bond acceptors (Lipinski definition) is 5. The fourth-order valence-electron chi connectivity index (χ4n) is 2.48. The summed E-state index contributed by atoms with van der Waals surface area (Å²) in [6.45, 7) is 2.79. The lowest BCUT2D eigenvalue weighted by atomic mass is 9.90. The Morgan fingerprint density at radius 1 is 1.58 bits per heavy atom. The Kier molecular flexibility index (Phi) is 3.64. The third-order valence-electron chi connectivity index (χ3n) is 3.27. The quantitative estimate of drug-likeness (QED) is 0.657. The highest BCUT2D eigenvalue weighted by Gasteiger charge is 2.32. The Bertz CT molecular complexity index is 506. The van der Waals surface area contributed by atoms with E-state index in [2.05, 4.69) is 4.98 Å². The van der Waals surface area contributed by atoms with Gasteiger partial charge in [-0.05, 0) is 18.4 Å². The van der Waals surface area contributed by atoms with Gasteiger partial charge in [0.15, 0.2) is 0 Å². The van der Waals surface area contributed by atoms with E-state index >= 15 is 0 Å². The minimum Gasteiger partial charge on any atom is -0.481 e. The number of carboxylic acid groups (broad SMARTS) is 1. The number of anilines is 1. The fraction of sp³-hybridized carbons (Fsp3) is 0.500. The van der Waals surface area contributed by atoms with E-state index in [0.29, 0.717) is 13.0 Å². The van der Waals surface area contributed by atoms with Crippen molar-refractivity contribution in [2.24, 2.45) is 11.8 Å². The van der Waals surface area contributed by atoms with Crippen LogP contribution in [-0.2, 0) is 4.79 Å². The molecule has 2 rings (SSSR count). The lowest BCUT2D eigenvalue weighted by Crippen LogP contribution is -2.43. The molecule has 1 aliphatic heterocycles. The van der Waals surface area contributed by atoms with Gasteiger partial charge in [0.2, 0.25) is 5.82 Å². The number of pyridine rings is 1. The maximum absolute atomic E-state index is 11.1. The lowest BCUT2D eigenvalue weighted by Gasteiger charge is -2.35. The Labute approximate surface area is 110 Å². The third kappa shape index (κ3) is 2.81. The van der Waals surface area contributed by atoms with Crippen molar-refractivity contribution in [1.82, 2.24) is 4.98 Å². The molecule has 7 heteroatoms. The van der Waals surface area contributed by atoms with Crippen molar-refractivity contribution in [2.45, 2.75) is 13.3 Å². The first-order chi connectivity index (χ1) is 8.99. The summed E-state index contributed by atoms with van der Waals surface area (Å²) >= 11 is 0. The van der Waals surface area contributed by atoms with E-state index in [0.717, 1.165) is 0 Å². The average Bonchev–Trinajstić information content (AvgIpc) is 2.37. The summed E-state index contributed by atoms with van der Waals surface area (Å²) in [5.41, 5.74) is -0.0826. The van der Waals surface area contributed by atoms with Crippen LogP contribution in [0.15, 0.2) is 18.3 Å². The van der Waals surface area contributed by atoms with Gasteiger partial charge in [-0.15, -0.1) is 0 Å². The number of piperidine rings is 1. The van der Waals surface area contributed by atoms with Gasteiger partial charge in [-0.25, -0.2) is 4.98 Å². The topological polar surface area (TPSA) is 96.6 Å². The van der Waals surface area contributed by atoms with Crippen LogP contribution in [0, 0.1) is 22.0 Å². The number of nitrogens with zero attached hydrogens (tertiary/aromatic N) is 3. The van der Waals surface area contributed by atoms with Crippen LogP contribution >= 0.6 is 0 Å². The van der Waals surface area contributed by atoms with Gasteiger partial charge in [-0.3, -0.25) is 14.9 Å². The summed E-state index contributed by atoms with van der Waals surface area (Å²) in [4.78, 5) is 27.4. The van der Waals surface area contributed by atoms with Crippen LogP contribution in [0.1, 0.15) is 13.3 Å². The maximum Gasteiger partial charge on any atom is 0.311 e. The second-order valence-electron chi connectivity index (χ2n) is 4.88. The number of hydrogen-bond donors (Lipinski definition) is 1. The van der Waals surface area contributed by atoms with Gasteiger partial charge in [-0.1, -0.05) is 6.92 Å². The van der Waals surface area contributed by atoms with Crippen LogP contribution in [0.2, 0.25) is 0 Å². The van der Waals surface area contributed by atoms with Gasteiger partial charge in [0.05, 0.1) is 10.8 Å². The van der Waals surface area contributed by atoms with Crippen LogP contribution in [0.5, 0.6) is 0 Å². The molecule has 1 saturated heterocycles. The molecule has 0 spiro atoms. The molecule has 1 aromatic heterocycles. The Morgan fingerprint density at radius 2 is 2.32 bits per heavy atom. The minimum atomic E-state index is -0.866. The summed E-state index contributed by atoms with van der Waals surface area (Å²) in [5.74, 6) is -0.956. The fourth-order valence-corrected chi connectivity index (χ4v) is 2.48. The van der Waals surface area contributed by atoms with Crippen molar-refractivity contribution in [1.29, 1.82) is 0 Å². The number of nitro groups is 1. The zero-order valence-corrected chi connectivity index (χ0v) is 10.5. The molecule has 1 fully saturated rings. The van der Waals surface area contributed by atoms with Crippen LogP contribution in [0.4, 0.5) is 11.5 Å². The summed E-state index contributed by atoms with van der Waals surface area (Å²) in [6.07, 6.45) is 2.07. The van der Waals surface area contributed by atoms with Crippen molar-refractivity contribution >= 4 is 17.5 Å². The highest BCUT2D eigenvalue weighted by atomic mass is 16.6. The van der Waals surface area contributed by atoms with Gasteiger partial charge in [0, 0.05) is 25.4 Å². The first-order valence-corrected chi connectivity index (χ1v) is 6.06. The number of rotatable bonds is 3. The van der Waals surface area contributed by atoms with E-state index in [9.17, 15) is 14.9 Å². The molecule has 0 aromatic carbocycles. The molecule has 7 nitrogen and oxygen atoms in total. The van der Waals surface area contributed by atoms with E-state index < -0.39 is 16.8 Å². The molecule has 0 amide bonds. The zero-order chi connectivity index (χ0) is 14.0. The monoisotopic (exact) mass is 265 g/mol. The van der Waals surface area contributed by atoms with Crippen molar-refractivity contribution in [3.63, 3.8) is 0 Å². The van der Waals surface area contributed by atoms with E-state index in [-0.39, 0.29) is 24.0 Å². The highest BCUT2D eigenvalue weighted by Crippen LogP contribution is 2.31. The van der Waals surface area contributed by atoms with Crippen molar-refractivity contribution < 1.29 is 14.8 Å². The predicted octanol–water partition coefficient (Wildman–Crippen LogP) is 1.54. The number of aromatic nitrogens is 1. The van der Waals surface area contributed by atoms with Crippen molar-refractivity contribution in [3.8, 4) is 0 Å². The first-order valence-electron chi connectivity index (χ1n) is 6.06. The number of carbonyl (C=O) groups is 1. The summed E-state index contributed by atoms with van der Waals surface area (Å²) in [6, 6.07) is 2.89. The molecular formula is C12H15N3O4. The average molecular weight is 265 g/mol. The standard InChI is InChI=1S/C12H15N3O4/c1-8-5-9(12(16)17)7-14(6-8)11-10(15(18)19)3-2-4-13-11/h2-4,8-9H,5-7H2,1H3,(H,16,17).